The standard InChI is InChI=1S/C21H29N5O/c1-27-15-19-12-20(25-9-6-16(13-22)7-10-25)24-21(23-19)26-11-8-17-4-2-3-5-18(17)14-26/h2-5,12,16H,6-11,13-15,22H2,1H3. The topological polar surface area (TPSA) is 67.5 Å². The lowest BCUT2D eigenvalue weighted by molar-refractivity contribution is 0.181. The van der Waals surface area contributed by atoms with Crippen molar-refractivity contribution < 1.29 is 4.74 Å². The largest absolute Gasteiger partial charge is 0.378 e. The molecule has 27 heavy (non-hydrogen) atoms. The number of nitrogens with two attached hydrogens (primary N) is 1. The Hall–Kier alpha value is -2.18. The van der Waals surface area contributed by atoms with Gasteiger partial charge in [-0.05, 0) is 42.9 Å². The van der Waals surface area contributed by atoms with Crippen molar-refractivity contribution in [3.05, 3.63) is 47.2 Å². The summed E-state index contributed by atoms with van der Waals surface area (Å²) in [7, 11) is 1.71. The van der Waals surface area contributed by atoms with Crippen molar-refractivity contribution >= 4 is 11.8 Å². The van der Waals surface area contributed by atoms with E-state index in [9.17, 15) is 0 Å². The molecule has 2 aliphatic rings. The molecule has 4 rings (SSSR count). The van der Waals surface area contributed by atoms with Gasteiger partial charge >= 0.3 is 0 Å². The second kappa shape index (κ2) is 8.23. The number of hydrogen-bond acceptors (Lipinski definition) is 6. The molecule has 3 heterocycles. The van der Waals surface area contributed by atoms with Crippen LogP contribution in [-0.4, -0.2) is 43.3 Å². The monoisotopic (exact) mass is 367 g/mol. The van der Waals surface area contributed by atoms with Crippen LogP contribution in [0.25, 0.3) is 0 Å². The smallest absolute Gasteiger partial charge is 0.227 e. The third kappa shape index (κ3) is 4.06. The highest BCUT2D eigenvalue weighted by Gasteiger charge is 2.23. The van der Waals surface area contributed by atoms with Gasteiger partial charge in [-0.25, -0.2) is 4.98 Å². The Kier molecular flexibility index (Phi) is 5.55. The van der Waals surface area contributed by atoms with Crippen LogP contribution in [-0.2, 0) is 24.3 Å². The summed E-state index contributed by atoms with van der Waals surface area (Å²) in [6.45, 7) is 5.11. The molecule has 0 unspecified atom stereocenters. The van der Waals surface area contributed by atoms with Gasteiger partial charge in [-0.15, -0.1) is 0 Å². The normalized spacial score (nSPS) is 17.9. The minimum absolute atomic E-state index is 0.506. The minimum atomic E-state index is 0.506. The maximum atomic E-state index is 5.84. The first kappa shape index (κ1) is 18.2. The lowest BCUT2D eigenvalue weighted by Crippen LogP contribution is -2.37. The molecule has 0 aliphatic carbocycles. The number of methoxy groups -OCH3 is 1. The summed E-state index contributed by atoms with van der Waals surface area (Å²) in [5.41, 5.74) is 9.59. The number of anilines is 2. The summed E-state index contributed by atoms with van der Waals surface area (Å²) in [4.78, 5) is 14.4. The second-order valence-corrected chi connectivity index (χ2v) is 7.56. The molecule has 1 saturated heterocycles. The van der Waals surface area contributed by atoms with E-state index in [1.807, 2.05) is 0 Å². The summed E-state index contributed by atoms with van der Waals surface area (Å²) >= 11 is 0. The first-order chi connectivity index (χ1) is 13.3. The Morgan fingerprint density at radius 1 is 1.07 bits per heavy atom. The number of aromatic nitrogens is 2. The number of piperidine rings is 1. The highest BCUT2D eigenvalue weighted by molar-refractivity contribution is 5.48. The van der Waals surface area contributed by atoms with E-state index in [4.69, 9.17) is 20.4 Å². The molecule has 144 valence electrons. The molecule has 0 atom stereocenters. The van der Waals surface area contributed by atoms with Gasteiger partial charge < -0.3 is 20.3 Å². The van der Waals surface area contributed by atoms with Gasteiger partial charge in [0.2, 0.25) is 5.95 Å². The van der Waals surface area contributed by atoms with Crippen LogP contribution in [0.3, 0.4) is 0 Å². The van der Waals surface area contributed by atoms with E-state index in [1.165, 1.54) is 11.1 Å². The van der Waals surface area contributed by atoms with Gasteiger partial charge in [0.1, 0.15) is 5.82 Å². The maximum absolute atomic E-state index is 5.84. The van der Waals surface area contributed by atoms with Crippen molar-refractivity contribution in [1.82, 2.24) is 9.97 Å². The predicted molar refractivity (Wildman–Crippen MR) is 108 cm³/mol. The Balaban J connectivity index is 1.58. The molecular formula is C21H29N5O. The van der Waals surface area contributed by atoms with Gasteiger partial charge in [0.05, 0.1) is 12.3 Å². The molecule has 6 nitrogen and oxygen atoms in total. The van der Waals surface area contributed by atoms with E-state index in [0.29, 0.717) is 12.5 Å². The summed E-state index contributed by atoms with van der Waals surface area (Å²) in [5.74, 6) is 2.47. The van der Waals surface area contributed by atoms with Crippen LogP contribution in [0.2, 0.25) is 0 Å². The maximum Gasteiger partial charge on any atom is 0.227 e. The molecule has 0 bridgehead atoms. The van der Waals surface area contributed by atoms with Crippen molar-refractivity contribution in [3.8, 4) is 0 Å². The van der Waals surface area contributed by atoms with Gasteiger partial charge in [0.25, 0.3) is 0 Å². The third-order valence-electron chi connectivity index (χ3n) is 5.73. The quantitative estimate of drug-likeness (QED) is 0.875. The molecule has 2 aromatic rings. The Morgan fingerprint density at radius 3 is 2.59 bits per heavy atom. The number of nitrogens with zero attached hydrogens (tertiary/aromatic N) is 4. The van der Waals surface area contributed by atoms with E-state index in [2.05, 4.69) is 40.1 Å². The zero-order chi connectivity index (χ0) is 18.6. The van der Waals surface area contributed by atoms with Gasteiger partial charge in [-0.3, -0.25) is 0 Å². The minimum Gasteiger partial charge on any atom is -0.378 e. The average molecular weight is 367 g/mol. The van der Waals surface area contributed by atoms with E-state index in [-0.39, 0.29) is 0 Å². The van der Waals surface area contributed by atoms with E-state index in [1.54, 1.807) is 7.11 Å². The number of rotatable bonds is 5. The molecule has 2 aliphatic heterocycles. The molecule has 1 aromatic carbocycles. The summed E-state index contributed by atoms with van der Waals surface area (Å²) in [6.07, 6.45) is 3.30. The summed E-state index contributed by atoms with van der Waals surface area (Å²) < 4.78 is 5.36. The fraction of sp³-hybridized carbons (Fsp3) is 0.524. The predicted octanol–water partition coefficient (Wildman–Crippen LogP) is 2.36. The van der Waals surface area contributed by atoms with Crippen LogP contribution in [0.5, 0.6) is 0 Å². The summed E-state index contributed by atoms with van der Waals surface area (Å²) in [5, 5.41) is 0. The fourth-order valence-corrected chi connectivity index (χ4v) is 4.06. The molecule has 0 amide bonds. The van der Waals surface area contributed by atoms with E-state index < -0.39 is 0 Å². The lowest BCUT2D eigenvalue weighted by Gasteiger charge is -2.34. The van der Waals surface area contributed by atoms with Crippen molar-refractivity contribution in [2.75, 3.05) is 43.1 Å². The molecule has 6 heteroatoms. The van der Waals surface area contributed by atoms with E-state index >= 15 is 0 Å². The lowest BCUT2D eigenvalue weighted by atomic mass is 9.97. The SMILES string of the molecule is COCc1cc(N2CCC(CN)CC2)nc(N2CCc3ccccc3C2)n1. The fourth-order valence-electron chi connectivity index (χ4n) is 4.06. The first-order valence-corrected chi connectivity index (χ1v) is 9.90. The first-order valence-electron chi connectivity index (χ1n) is 9.90. The van der Waals surface area contributed by atoms with Crippen molar-refractivity contribution in [3.63, 3.8) is 0 Å². The molecular weight excluding hydrogens is 338 g/mol. The number of benzene rings is 1. The average Bonchev–Trinajstić information content (AvgIpc) is 2.73. The van der Waals surface area contributed by atoms with Crippen LogP contribution in [0, 0.1) is 5.92 Å². The van der Waals surface area contributed by atoms with Gasteiger partial charge in [0.15, 0.2) is 0 Å². The van der Waals surface area contributed by atoms with Crippen molar-refractivity contribution in [1.29, 1.82) is 0 Å². The van der Waals surface area contributed by atoms with Crippen LogP contribution in [0.1, 0.15) is 29.7 Å². The zero-order valence-corrected chi connectivity index (χ0v) is 16.1. The molecule has 0 radical (unpaired) electrons. The van der Waals surface area contributed by atoms with Crippen LogP contribution in [0.15, 0.2) is 30.3 Å². The molecule has 0 spiro atoms. The molecule has 0 saturated carbocycles. The number of fused-ring (bicyclic) bond motifs is 1. The van der Waals surface area contributed by atoms with Crippen molar-refractivity contribution in [2.24, 2.45) is 11.7 Å². The Labute approximate surface area is 161 Å². The van der Waals surface area contributed by atoms with Crippen LogP contribution >= 0.6 is 0 Å². The number of hydrogen-bond donors (Lipinski definition) is 1. The van der Waals surface area contributed by atoms with Crippen LogP contribution < -0.4 is 15.5 Å². The molecule has 1 aromatic heterocycles. The zero-order valence-electron chi connectivity index (χ0n) is 16.1. The third-order valence-corrected chi connectivity index (χ3v) is 5.73. The Morgan fingerprint density at radius 2 is 1.85 bits per heavy atom. The van der Waals surface area contributed by atoms with Gasteiger partial charge in [-0.1, -0.05) is 24.3 Å². The van der Waals surface area contributed by atoms with Gasteiger partial charge in [0, 0.05) is 39.4 Å². The highest BCUT2D eigenvalue weighted by atomic mass is 16.5. The molecule has 2 N–H and O–H groups in total. The van der Waals surface area contributed by atoms with E-state index in [0.717, 1.165) is 69.4 Å². The van der Waals surface area contributed by atoms with Gasteiger partial charge in [-0.2, -0.15) is 4.98 Å². The second-order valence-electron chi connectivity index (χ2n) is 7.56. The molecule has 1 fully saturated rings. The summed E-state index contributed by atoms with van der Waals surface area (Å²) in [6, 6.07) is 10.7. The van der Waals surface area contributed by atoms with Crippen molar-refractivity contribution in [2.45, 2.75) is 32.4 Å². The highest BCUT2D eigenvalue weighted by Crippen LogP contribution is 2.27. The van der Waals surface area contributed by atoms with Crippen LogP contribution in [0.4, 0.5) is 11.8 Å². The number of ether oxygens (including phenoxy) is 1. The Bertz CT molecular complexity index is 773.